The second-order valence-electron chi connectivity index (χ2n) is 6.48. The second-order valence-corrected chi connectivity index (χ2v) is 6.48. The maximum atomic E-state index is 12.3. The van der Waals surface area contributed by atoms with Crippen molar-refractivity contribution in [2.24, 2.45) is 5.92 Å². The lowest BCUT2D eigenvalue weighted by Gasteiger charge is -2.24. The van der Waals surface area contributed by atoms with Gasteiger partial charge in [0.1, 0.15) is 5.52 Å². The Morgan fingerprint density at radius 1 is 1.23 bits per heavy atom. The molecule has 2 aliphatic heterocycles. The maximum Gasteiger partial charge on any atom is 0.321 e. The normalized spacial score (nSPS) is 20.5. The largest absolute Gasteiger partial charge is 0.481 e. The van der Waals surface area contributed by atoms with Crippen molar-refractivity contribution in [3.63, 3.8) is 0 Å². The Balaban J connectivity index is 1.45. The van der Waals surface area contributed by atoms with E-state index in [1.54, 1.807) is 18.2 Å². The first-order valence-corrected chi connectivity index (χ1v) is 8.62. The molecule has 26 heavy (non-hydrogen) atoms. The molecular weight excluding hydrogens is 340 g/mol. The van der Waals surface area contributed by atoms with Crippen molar-refractivity contribution >= 4 is 34.8 Å². The zero-order valence-electron chi connectivity index (χ0n) is 14.2. The van der Waals surface area contributed by atoms with Gasteiger partial charge >= 0.3 is 12.0 Å². The fourth-order valence-electron chi connectivity index (χ4n) is 3.23. The maximum absolute atomic E-state index is 12.3. The lowest BCUT2D eigenvalue weighted by Crippen LogP contribution is -2.36. The van der Waals surface area contributed by atoms with Crippen LogP contribution in [0.1, 0.15) is 6.42 Å². The van der Waals surface area contributed by atoms with E-state index in [9.17, 15) is 9.59 Å². The van der Waals surface area contributed by atoms with Crippen molar-refractivity contribution in [2.75, 3.05) is 49.6 Å². The average Bonchev–Trinajstić information content (AvgIpc) is 3.29. The number of oxazole rings is 1. The summed E-state index contributed by atoms with van der Waals surface area (Å²) in [7, 11) is 0. The van der Waals surface area contributed by atoms with Crippen LogP contribution in [-0.4, -0.2) is 66.4 Å². The van der Waals surface area contributed by atoms with E-state index < -0.39 is 11.9 Å². The molecule has 0 spiro atoms. The molecule has 138 valence electrons. The number of hydrogen-bond donors (Lipinski definition) is 2. The number of nitrogens with zero attached hydrogens (tertiary/aromatic N) is 3. The molecule has 1 aromatic heterocycles. The number of urea groups is 1. The molecule has 3 heterocycles. The monoisotopic (exact) mass is 360 g/mol. The number of fused-ring (bicyclic) bond motifs is 1. The fraction of sp³-hybridized carbons (Fsp3) is 0.471. The highest BCUT2D eigenvalue weighted by Gasteiger charge is 2.30. The van der Waals surface area contributed by atoms with E-state index in [0.29, 0.717) is 43.5 Å². The van der Waals surface area contributed by atoms with Gasteiger partial charge in [0.15, 0.2) is 5.58 Å². The van der Waals surface area contributed by atoms with Crippen LogP contribution in [0.2, 0.25) is 0 Å². The molecule has 1 unspecified atom stereocenters. The zero-order chi connectivity index (χ0) is 18.1. The van der Waals surface area contributed by atoms with Gasteiger partial charge in [-0.15, -0.1) is 0 Å². The molecule has 4 rings (SSSR count). The Bertz CT molecular complexity index is 830. The first kappa shape index (κ1) is 16.6. The lowest BCUT2D eigenvalue weighted by atomic mass is 10.1. The minimum Gasteiger partial charge on any atom is -0.481 e. The molecule has 2 aliphatic rings. The number of ether oxygens (including phenoxy) is 1. The average molecular weight is 360 g/mol. The molecule has 0 saturated carbocycles. The topological polar surface area (TPSA) is 108 Å². The number of carboxylic acid groups (broad SMARTS) is 1. The van der Waals surface area contributed by atoms with Crippen LogP contribution in [0, 0.1) is 5.92 Å². The fourth-order valence-corrected chi connectivity index (χ4v) is 3.23. The molecule has 1 aromatic carbocycles. The van der Waals surface area contributed by atoms with Crippen molar-refractivity contribution in [3.8, 4) is 0 Å². The van der Waals surface area contributed by atoms with Crippen LogP contribution >= 0.6 is 0 Å². The summed E-state index contributed by atoms with van der Waals surface area (Å²) in [5.74, 6) is -1.35. The smallest absolute Gasteiger partial charge is 0.321 e. The van der Waals surface area contributed by atoms with E-state index in [-0.39, 0.29) is 12.6 Å². The Labute approximate surface area is 149 Å². The quantitative estimate of drug-likeness (QED) is 0.856. The van der Waals surface area contributed by atoms with Crippen molar-refractivity contribution in [2.45, 2.75) is 6.42 Å². The summed E-state index contributed by atoms with van der Waals surface area (Å²) >= 11 is 0. The Kier molecular flexibility index (Phi) is 4.37. The molecule has 2 aromatic rings. The summed E-state index contributed by atoms with van der Waals surface area (Å²) in [4.78, 5) is 31.4. The molecular formula is C17H20N4O5. The predicted octanol–water partition coefficient (Wildman–Crippen LogP) is 1.60. The van der Waals surface area contributed by atoms with E-state index >= 15 is 0 Å². The zero-order valence-corrected chi connectivity index (χ0v) is 14.2. The van der Waals surface area contributed by atoms with Crippen molar-refractivity contribution in [1.82, 2.24) is 9.88 Å². The summed E-state index contributed by atoms with van der Waals surface area (Å²) in [6.07, 6.45) is 0.479. The van der Waals surface area contributed by atoms with E-state index in [4.69, 9.17) is 14.3 Å². The number of aromatic nitrogens is 1. The SMILES string of the molecule is O=C(O)C1CCN(C(=O)Nc2ccc3nc(N4CCOCC4)oc3c2)C1. The number of hydrogen-bond acceptors (Lipinski definition) is 6. The first-order valence-electron chi connectivity index (χ1n) is 8.62. The molecule has 9 heteroatoms. The summed E-state index contributed by atoms with van der Waals surface area (Å²) in [6.45, 7) is 3.42. The van der Waals surface area contributed by atoms with E-state index in [1.807, 2.05) is 4.90 Å². The van der Waals surface area contributed by atoms with E-state index in [1.165, 1.54) is 4.90 Å². The predicted molar refractivity (Wildman–Crippen MR) is 93.4 cm³/mol. The Hall–Kier alpha value is -2.81. The number of benzene rings is 1. The Morgan fingerprint density at radius 2 is 2.04 bits per heavy atom. The van der Waals surface area contributed by atoms with Gasteiger partial charge in [-0.2, -0.15) is 4.98 Å². The minimum atomic E-state index is -0.862. The number of morpholine rings is 1. The van der Waals surface area contributed by atoms with Crippen LogP contribution in [-0.2, 0) is 9.53 Å². The van der Waals surface area contributed by atoms with Crippen LogP contribution in [0.5, 0.6) is 0 Å². The van der Waals surface area contributed by atoms with Gasteiger partial charge in [-0.1, -0.05) is 0 Å². The number of carboxylic acids is 1. The highest BCUT2D eigenvalue weighted by Crippen LogP contribution is 2.26. The highest BCUT2D eigenvalue weighted by molar-refractivity contribution is 5.92. The van der Waals surface area contributed by atoms with E-state index in [0.717, 1.165) is 18.6 Å². The summed E-state index contributed by atoms with van der Waals surface area (Å²) in [5.41, 5.74) is 1.90. The molecule has 2 amide bonds. The highest BCUT2D eigenvalue weighted by atomic mass is 16.5. The van der Waals surface area contributed by atoms with Crippen LogP contribution in [0.15, 0.2) is 22.6 Å². The van der Waals surface area contributed by atoms with Gasteiger partial charge in [0.05, 0.1) is 19.1 Å². The number of carbonyl (C=O) groups excluding carboxylic acids is 1. The van der Waals surface area contributed by atoms with Gasteiger partial charge in [-0.3, -0.25) is 4.79 Å². The van der Waals surface area contributed by atoms with Gasteiger partial charge in [-0.25, -0.2) is 4.79 Å². The second kappa shape index (κ2) is 6.83. The molecule has 2 fully saturated rings. The molecule has 9 nitrogen and oxygen atoms in total. The lowest BCUT2D eigenvalue weighted by molar-refractivity contribution is -0.141. The van der Waals surface area contributed by atoms with Crippen LogP contribution in [0.3, 0.4) is 0 Å². The summed E-state index contributed by atoms with van der Waals surface area (Å²) < 4.78 is 11.1. The molecule has 2 N–H and O–H groups in total. The number of rotatable bonds is 3. The minimum absolute atomic E-state index is 0.229. The third-order valence-corrected chi connectivity index (χ3v) is 4.73. The molecule has 1 atom stereocenters. The van der Waals surface area contributed by atoms with Crippen molar-refractivity contribution in [1.29, 1.82) is 0 Å². The van der Waals surface area contributed by atoms with E-state index in [2.05, 4.69) is 10.3 Å². The van der Waals surface area contributed by atoms with Crippen molar-refractivity contribution < 1.29 is 23.8 Å². The van der Waals surface area contributed by atoms with Gasteiger partial charge in [0, 0.05) is 37.9 Å². The first-order chi connectivity index (χ1) is 12.6. The summed E-state index contributed by atoms with van der Waals surface area (Å²) in [6, 6.07) is 5.53. The number of amides is 2. The van der Waals surface area contributed by atoms with Gasteiger partial charge in [0.25, 0.3) is 6.01 Å². The van der Waals surface area contributed by atoms with Crippen LogP contribution in [0.25, 0.3) is 11.1 Å². The molecule has 0 radical (unpaired) electrons. The number of nitrogens with one attached hydrogen (secondary N) is 1. The number of aliphatic carboxylic acids is 1. The number of anilines is 2. The molecule has 0 bridgehead atoms. The third kappa shape index (κ3) is 3.30. The van der Waals surface area contributed by atoms with Crippen molar-refractivity contribution in [3.05, 3.63) is 18.2 Å². The van der Waals surface area contributed by atoms with Crippen LogP contribution in [0.4, 0.5) is 16.5 Å². The number of carbonyl (C=O) groups is 2. The molecule has 0 aliphatic carbocycles. The number of likely N-dealkylation sites (tertiary alicyclic amines) is 1. The third-order valence-electron chi connectivity index (χ3n) is 4.73. The molecule has 2 saturated heterocycles. The standard InChI is InChI=1S/C17H20N4O5/c22-15(23)11-3-4-21(10-11)16(24)18-12-1-2-13-14(9-12)26-17(19-13)20-5-7-25-8-6-20/h1-2,9,11H,3-8,10H2,(H,18,24)(H,22,23). The van der Waals surface area contributed by atoms with Gasteiger partial charge in [-0.05, 0) is 18.6 Å². The Morgan fingerprint density at radius 3 is 2.77 bits per heavy atom. The van der Waals surface area contributed by atoms with Crippen LogP contribution < -0.4 is 10.2 Å². The van der Waals surface area contributed by atoms with Gasteiger partial charge in [0.2, 0.25) is 0 Å². The van der Waals surface area contributed by atoms with Gasteiger partial charge < -0.3 is 29.4 Å². The summed E-state index contributed by atoms with van der Waals surface area (Å²) in [5, 5.41) is 11.8.